The minimum absolute atomic E-state index is 0.0341. The third kappa shape index (κ3) is 4.03. The van der Waals surface area contributed by atoms with Crippen LogP contribution in [0.5, 0.6) is 5.75 Å². The summed E-state index contributed by atoms with van der Waals surface area (Å²) in [4.78, 5) is 11.6. The van der Waals surface area contributed by atoms with Crippen LogP contribution in [0.1, 0.15) is 13.8 Å². The van der Waals surface area contributed by atoms with Crippen LogP contribution in [0.15, 0.2) is 24.3 Å². The fourth-order valence-corrected chi connectivity index (χ4v) is 1.19. The van der Waals surface area contributed by atoms with Crippen LogP contribution in [0, 0.1) is 5.82 Å². The summed E-state index contributed by atoms with van der Waals surface area (Å²) in [6.07, 6.45) is -0.819. The molecule has 2 atom stereocenters. The normalized spacial score (nSPS) is 13.9. The molecule has 0 saturated heterocycles. The van der Waals surface area contributed by atoms with E-state index in [-0.39, 0.29) is 18.4 Å². The highest BCUT2D eigenvalue weighted by molar-refractivity contribution is 5.80. The zero-order valence-electron chi connectivity index (χ0n) is 9.81. The molecule has 17 heavy (non-hydrogen) atoms. The lowest BCUT2D eigenvalue weighted by Crippen LogP contribution is -2.42. The molecule has 1 unspecified atom stereocenters. The van der Waals surface area contributed by atoms with Gasteiger partial charge in [0.25, 0.3) is 5.91 Å². The summed E-state index contributed by atoms with van der Waals surface area (Å²) in [5.74, 6) is -0.871. The van der Waals surface area contributed by atoms with Crippen LogP contribution in [0.25, 0.3) is 0 Å². The molecule has 1 aromatic rings. The minimum atomic E-state index is -0.819. The molecule has 0 bridgehead atoms. The first-order valence-corrected chi connectivity index (χ1v) is 5.37. The standard InChI is InChI=1S/C12H16FNO3/c1-8(7-15)14-12(16)9(2)17-11-6-4-3-5-10(11)13/h3-6,8-9,15H,7H2,1-2H3,(H,14,16)/t8-,9?/m0/s1. The van der Waals surface area contributed by atoms with Gasteiger partial charge in [-0.15, -0.1) is 0 Å². The Morgan fingerprint density at radius 3 is 2.71 bits per heavy atom. The van der Waals surface area contributed by atoms with E-state index in [2.05, 4.69) is 5.32 Å². The van der Waals surface area contributed by atoms with Gasteiger partial charge in [-0.05, 0) is 26.0 Å². The van der Waals surface area contributed by atoms with Crippen LogP contribution in [-0.2, 0) is 4.79 Å². The predicted octanol–water partition coefficient (Wildman–Crippen LogP) is 1.09. The molecule has 0 radical (unpaired) electrons. The summed E-state index contributed by atoms with van der Waals surface area (Å²) in [5.41, 5.74) is 0. The van der Waals surface area contributed by atoms with Gasteiger partial charge in [0.05, 0.1) is 6.61 Å². The van der Waals surface area contributed by atoms with Gasteiger partial charge in [0, 0.05) is 6.04 Å². The zero-order valence-corrected chi connectivity index (χ0v) is 9.81. The van der Waals surface area contributed by atoms with Crippen molar-refractivity contribution in [3.05, 3.63) is 30.1 Å². The number of aliphatic hydroxyl groups excluding tert-OH is 1. The Bertz CT molecular complexity index is 384. The van der Waals surface area contributed by atoms with Gasteiger partial charge < -0.3 is 15.2 Å². The Balaban J connectivity index is 2.57. The fourth-order valence-electron chi connectivity index (χ4n) is 1.19. The molecular formula is C12H16FNO3. The van der Waals surface area contributed by atoms with Crippen LogP contribution in [0.3, 0.4) is 0 Å². The number of benzene rings is 1. The van der Waals surface area contributed by atoms with Gasteiger partial charge in [-0.2, -0.15) is 0 Å². The van der Waals surface area contributed by atoms with E-state index in [1.54, 1.807) is 19.1 Å². The molecule has 0 aliphatic rings. The number of amides is 1. The average molecular weight is 241 g/mol. The number of halogens is 1. The van der Waals surface area contributed by atoms with Gasteiger partial charge in [-0.1, -0.05) is 12.1 Å². The van der Waals surface area contributed by atoms with Crippen LogP contribution in [0.2, 0.25) is 0 Å². The van der Waals surface area contributed by atoms with Gasteiger partial charge in [-0.3, -0.25) is 4.79 Å². The van der Waals surface area contributed by atoms with E-state index in [1.807, 2.05) is 0 Å². The molecular weight excluding hydrogens is 225 g/mol. The minimum Gasteiger partial charge on any atom is -0.478 e. The van der Waals surface area contributed by atoms with Crippen molar-refractivity contribution < 1.29 is 19.0 Å². The summed E-state index contributed by atoms with van der Waals surface area (Å²) in [5, 5.41) is 11.3. The lowest BCUT2D eigenvalue weighted by atomic mass is 10.3. The topological polar surface area (TPSA) is 58.6 Å². The number of hydrogen-bond acceptors (Lipinski definition) is 3. The number of rotatable bonds is 5. The van der Waals surface area contributed by atoms with Crippen molar-refractivity contribution in [2.45, 2.75) is 26.0 Å². The molecule has 0 spiro atoms. The summed E-state index contributed by atoms with van der Waals surface area (Å²) in [6.45, 7) is 3.03. The van der Waals surface area contributed by atoms with Crippen LogP contribution in [-0.4, -0.2) is 29.8 Å². The Labute approximate surface area is 99.4 Å². The van der Waals surface area contributed by atoms with E-state index in [4.69, 9.17) is 9.84 Å². The van der Waals surface area contributed by atoms with Crippen molar-refractivity contribution in [1.82, 2.24) is 5.32 Å². The summed E-state index contributed by atoms with van der Waals surface area (Å²) >= 11 is 0. The van der Waals surface area contributed by atoms with E-state index in [0.717, 1.165) is 0 Å². The monoisotopic (exact) mass is 241 g/mol. The second-order valence-corrected chi connectivity index (χ2v) is 3.78. The highest BCUT2D eigenvalue weighted by Crippen LogP contribution is 2.16. The van der Waals surface area contributed by atoms with Crippen LogP contribution < -0.4 is 10.1 Å². The van der Waals surface area contributed by atoms with Gasteiger partial charge in [0.2, 0.25) is 0 Å². The maximum absolute atomic E-state index is 13.2. The SMILES string of the molecule is CC(Oc1ccccc1F)C(=O)N[C@@H](C)CO. The Kier molecular flexibility index (Phi) is 4.90. The van der Waals surface area contributed by atoms with Gasteiger partial charge >= 0.3 is 0 Å². The van der Waals surface area contributed by atoms with Crippen molar-refractivity contribution in [3.8, 4) is 5.75 Å². The third-order valence-electron chi connectivity index (χ3n) is 2.17. The van der Waals surface area contributed by atoms with Crippen LogP contribution >= 0.6 is 0 Å². The maximum atomic E-state index is 13.2. The molecule has 4 nitrogen and oxygen atoms in total. The summed E-state index contributed by atoms with van der Waals surface area (Å²) in [6, 6.07) is 5.53. The van der Waals surface area contributed by atoms with Crippen molar-refractivity contribution in [2.24, 2.45) is 0 Å². The second-order valence-electron chi connectivity index (χ2n) is 3.78. The number of carbonyl (C=O) groups excluding carboxylic acids is 1. The highest BCUT2D eigenvalue weighted by Gasteiger charge is 2.17. The lowest BCUT2D eigenvalue weighted by molar-refractivity contribution is -0.128. The third-order valence-corrected chi connectivity index (χ3v) is 2.17. The van der Waals surface area contributed by atoms with Crippen LogP contribution in [0.4, 0.5) is 4.39 Å². The Morgan fingerprint density at radius 1 is 1.47 bits per heavy atom. The number of aliphatic hydroxyl groups is 1. The molecule has 0 fully saturated rings. The van der Waals surface area contributed by atoms with E-state index in [1.165, 1.54) is 19.1 Å². The first-order chi connectivity index (χ1) is 8.04. The smallest absolute Gasteiger partial charge is 0.261 e. The molecule has 0 saturated carbocycles. The molecule has 0 aliphatic heterocycles. The highest BCUT2D eigenvalue weighted by atomic mass is 19.1. The molecule has 1 amide bonds. The van der Waals surface area contributed by atoms with E-state index in [0.29, 0.717) is 0 Å². The first-order valence-electron chi connectivity index (χ1n) is 5.37. The molecule has 0 aliphatic carbocycles. The van der Waals surface area contributed by atoms with Crippen molar-refractivity contribution in [1.29, 1.82) is 0 Å². The van der Waals surface area contributed by atoms with E-state index in [9.17, 15) is 9.18 Å². The largest absolute Gasteiger partial charge is 0.478 e. The number of nitrogens with one attached hydrogen (secondary N) is 1. The second kappa shape index (κ2) is 6.20. The number of ether oxygens (including phenoxy) is 1. The summed E-state index contributed by atoms with van der Waals surface area (Å²) < 4.78 is 18.4. The molecule has 2 N–H and O–H groups in total. The number of carbonyl (C=O) groups is 1. The average Bonchev–Trinajstić information content (AvgIpc) is 2.31. The zero-order chi connectivity index (χ0) is 12.8. The lowest BCUT2D eigenvalue weighted by Gasteiger charge is -2.17. The van der Waals surface area contributed by atoms with Crippen molar-refractivity contribution in [2.75, 3.05) is 6.61 Å². The van der Waals surface area contributed by atoms with Crippen molar-refractivity contribution >= 4 is 5.91 Å². The van der Waals surface area contributed by atoms with Crippen molar-refractivity contribution in [3.63, 3.8) is 0 Å². The molecule has 1 rings (SSSR count). The fraction of sp³-hybridized carbons (Fsp3) is 0.417. The van der Waals surface area contributed by atoms with Gasteiger partial charge in [-0.25, -0.2) is 4.39 Å². The molecule has 0 heterocycles. The maximum Gasteiger partial charge on any atom is 0.261 e. The molecule has 0 aromatic heterocycles. The number of para-hydroxylation sites is 1. The molecule has 1 aromatic carbocycles. The number of hydrogen-bond donors (Lipinski definition) is 2. The first kappa shape index (κ1) is 13.4. The van der Waals surface area contributed by atoms with Gasteiger partial charge in [0.15, 0.2) is 17.7 Å². The Hall–Kier alpha value is -1.62. The van der Waals surface area contributed by atoms with Gasteiger partial charge in [0.1, 0.15) is 0 Å². The Morgan fingerprint density at radius 2 is 2.12 bits per heavy atom. The molecule has 5 heteroatoms. The molecule has 94 valence electrons. The van der Waals surface area contributed by atoms with E-state index < -0.39 is 17.8 Å². The predicted molar refractivity (Wildman–Crippen MR) is 61.2 cm³/mol. The summed E-state index contributed by atoms with van der Waals surface area (Å²) in [7, 11) is 0. The van der Waals surface area contributed by atoms with E-state index >= 15 is 0 Å². The quantitative estimate of drug-likeness (QED) is 0.811.